The zero-order valence-electron chi connectivity index (χ0n) is 13.3. The highest BCUT2D eigenvalue weighted by molar-refractivity contribution is 5.74. The molecule has 0 spiro atoms. The molecule has 0 unspecified atom stereocenters. The Morgan fingerprint density at radius 3 is 2.32 bits per heavy atom. The predicted molar refractivity (Wildman–Crippen MR) is 85.7 cm³/mol. The van der Waals surface area contributed by atoms with Crippen LogP contribution in [-0.4, -0.2) is 44.9 Å². The average Bonchev–Trinajstić information content (AvgIpc) is 2.87. The van der Waals surface area contributed by atoms with Gasteiger partial charge in [0, 0.05) is 46.3 Å². The fraction of sp³-hybridized carbons (Fsp3) is 0.643. The lowest BCUT2D eigenvalue weighted by atomic mass is 10.4. The molecule has 2 aromatic rings. The minimum Gasteiger partial charge on any atom is -0.340 e. The van der Waals surface area contributed by atoms with Crippen molar-refractivity contribution < 1.29 is 0 Å². The van der Waals surface area contributed by atoms with Crippen LogP contribution in [0.4, 0.5) is 5.95 Å². The van der Waals surface area contributed by atoms with E-state index in [1.807, 2.05) is 25.5 Å². The van der Waals surface area contributed by atoms with Crippen LogP contribution in [0.5, 0.6) is 0 Å². The third-order valence-electron chi connectivity index (χ3n) is 4.25. The number of anilines is 1. The molecule has 1 N–H and O–H groups in total. The Morgan fingerprint density at radius 2 is 1.73 bits per heavy atom. The van der Waals surface area contributed by atoms with Crippen LogP contribution < -0.4 is 21.5 Å². The van der Waals surface area contributed by atoms with Gasteiger partial charge in [-0.05, 0) is 13.8 Å². The third-order valence-corrected chi connectivity index (χ3v) is 4.25. The number of fused-ring (bicyclic) bond motifs is 1. The summed E-state index contributed by atoms with van der Waals surface area (Å²) in [5, 5.41) is 3.30. The van der Waals surface area contributed by atoms with Gasteiger partial charge in [-0.25, -0.2) is 4.79 Å². The van der Waals surface area contributed by atoms with Crippen LogP contribution in [0.2, 0.25) is 0 Å². The maximum Gasteiger partial charge on any atom is 0.332 e. The van der Waals surface area contributed by atoms with E-state index < -0.39 is 0 Å². The van der Waals surface area contributed by atoms with E-state index in [4.69, 9.17) is 0 Å². The van der Waals surface area contributed by atoms with Crippen molar-refractivity contribution in [3.63, 3.8) is 0 Å². The van der Waals surface area contributed by atoms with Crippen molar-refractivity contribution in [1.82, 2.24) is 24.0 Å². The Labute approximate surface area is 128 Å². The van der Waals surface area contributed by atoms with Gasteiger partial charge >= 0.3 is 5.69 Å². The topological polar surface area (TPSA) is 77.1 Å². The number of aryl methyl sites for hydroxylation is 2. The lowest BCUT2D eigenvalue weighted by Crippen LogP contribution is -2.44. The van der Waals surface area contributed by atoms with Crippen LogP contribution in [0.25, 0.3) is 11.2 Å². The Balaban J connectivity index is 2.31. The van der Waals surface area contributed by atoms with E-state index in [1.54, 1.807) is 4.57 Å². The Bertz CT molecular complexity index is 809. The number of imidazole rings is 1. The van der Waals surface area contributed by atoms with Crippen LogP contribution in [0, 0.1) is 0 Å². The number of hydrogen-bond acceptors (Lipinski definition) is 5. The van der Waals surface area contributed by atoms with Crippen molar-refractivity contribution >= 4 is 17.1 Å². The average molecular weight is 306 g/mol. The van der Waals surface area contributed by atoms with Crippen LogP contribution in [0.1, 0.15) is 13.8 Å². The van der Waals surface area contributed by atoms with Gasteiger partial charge in [0.05, 0.1) is 0 Å². The van der Waals surface area contributed by atoms with Gasteiger partial charge in [0.25, 0.3) is 5.56 Å². The van der Waals surface area contributed by atoms with E-state index in [1.165, 1.54) is 4.57 Å². The van der Waals surface area contributed by atoms with Gasteiger partial charge in [0.15, 0.2) is 11.2 Å². The molecule has 1 fully saturated rings. The van der Waals surface area contributed by atoms with E-state index in [2.05, 4.69) is 15.2 Å². The number of rotatable bonds is 3. The van der Waals surface area contributed by atoms with Crippen LogP contribution >= 0.6 is 0 Å². The highest BCUT2D eigenvalue weighted by Gasteiger charge is 2.22. The second-order valence-corrected chi connectivity index (χ2v) is 5.46. The van der Waals surface area contributed by atoms with Crippen LogP contribution in [0.15, 0.2) is 9.59 Å². The standard InChI is InChI=1S/C14H22N6O2/c1-4-19-11-10(12(21)20(5-2)14(19)22)17(3)13(16-11)18-8-6-15-7-9-18/h15H,4-9H2,1-3H3. The fourth-order valence-electron chi connectivity index (χ4n) is 3.06. The van der Waals surface area contributed by atoms with E-state index in [0.717, 1.165) is 32.1 Å². The fourth-order valence-corrected chi connectivity index (χ4v) is 3.06. The molecule has 0 saturated carbocycles. The molecule has 0 aromatic carbocycles. The molecule has 8 nitrogen and oxygen atoms in total. The Kier molecular flexibility index (Phi) is 3.78. The van der Waals surface area contributed by atoms with Crippen molar-refractivity contribution in [2.45, 2.75) is 26.9 Å². The molecule has 0 bridgehead atoms. The first kappa shape index (κ1) is 14.8. The molecule has 2 aromatic heterocycles. The van der Waals surface area contributed by atoms with Crippen molar-refractivity contribution in [2.24, 2.45) is 7.05 Å². The molecule has 8 heteroatoms. The van der Waals surface area contributed by atoms with Gasteiger partial charge in [-0.2, -0.15) is 4.98 Å². The van der Waals surface area contributed by atoms with Crippen molar-refractivity contribution in [3.8, 4) is 0 Å². The number of nitrogens with zero attached hydrogens (tertiary/aromatic N) is 5. The quantitative estimate of drug-likeness (QED) is 0.815. The minimum atomic E-state index is -0.285. The molecule has 3 heterocycles. The highest BCUT2D eigenvalue weighted by Crippen LogP contribution is 2.18. The zero-order valence-corrected chi connectivity index (χ0v) is 13.3. The lowest BCUT2D eigenvalue weighted by molar-refractivity contribution is 0.575. The molecule has 0 atom stereocenters. The SMILES string of the molecule is CCn1c(=O)c2c(nc(N3CCNCC3)n2C)n(CC)c1=O. The number of hydrogen-bond donors (Lipinski definition) is 1. The maximum atomic E-state index is 12.6. The number of nitrogens with one attached hydrogen (secondary N) is 1. The summed E-state index contributed by atoms with van der Waals surface area (Å²) >= 11 is 0. The summed E-state index contributed by atoms with van der Waals surface area (Å²) in [5.41, 5.74) is 0.436. The summed E-state index contributed by atoms with van der Waals surface area (Å²) in [6.45, 7) is 8.03. The molecule has 1 saturated heterocycles. The van der Waals surface area contributed by atoms with Crippen LogP contribution in [-0.2, 0) is 20.1 Å². The largest absolute Gasteiger partial charge is 0.340 e. The smallest absolute Gasteiger partial charge is 0.332 e. The third kappa shape index (κ3) is 2.06. The molecule has 0 amide bonds. The van der Waals surface area contributed by atoms with Gasteiger partial charge in [-0.3, -0.25) is 13.9 Å². The van der Waals surface area contributed by atoms with Gasteiger partial charge in [-0.1, -0.05) is 0 Å². The summed E-state index contributed by atoms with van der Waals surface area (Å²) in [6, 6.07) is 0. The molecule has 22 heavy (non-hydrogen) atoms. The molecular formula is C14H22N6O2. The summed E-state index contributed by atoms with van der Waals surface area (Å²) in [4.78, 5) is 31.8. The molecule has 3 rings (SSSR count). The summed E-state index contributed by atoms with van der Waals surface area (Å²) in [6.07, 6.45) is 0. The van der Waals surface area contributed by atoms with Crippen molar-refractivity contribution in [1.29, 1.82) is 0 Å². The van der Waals surface area contributed by atoms with E-state index in [9.17, 15) is 9.59 Å². The van der Waals surface area contributed by atoms with Crippen molar-refractivity contribution in [3.05, 3.63) is 20.8 Å². The minimum absolute atomic E-state index is 0.261. The first-order valence-electron chi connectivity index (χ1n) is 7.75. The molecule has 0 aliphatic carbocycles. The summed E-state index contributed by atoms with van der Waals surface area (Å²) < 4.78 is 4.67. The normalized spacial score (nSPS) is 15.7. The van der Waals surface area contributed by atoms with E-state index in [0.29, 0.717) is 24.3 Å². The first-order valence-corrected chi connectivity index (χ1v) is 7.75. The van der Waals surface area contributed by atoms with Gasteiger partial charge in [0.2, 0.25) is 5.95 Å². The number of aromatic nitrogens is 4. The molecule has 1 aliphatic heterocycles. The van der Waals surface area contributed by atoms with Gasteiger partial charge < -0.3 is 14.8 Å². The monoisotopic (exact) mass is 306 g/mol. The van der Waals surface area contributed by atoms with Gasteiger partial charge in [0.1, 0.15) is 0 Å². The summed E-state index contributed by atoms with van der Waals surface area (Å²) in [7, 11) is 1.85. The zero-order chi connectivity index (χ0) is 15.9. The summed E-state index contributed by atoms with van der Waals surface area (Å²) in [5.74, 6) is 0.754. The van der Waals surface area contributed by atoms with Crippen LogP contribution in [0.3, 0.4) is 0 Å². The highest BCUT2D eigenvalue weighted by atomic mass is 16.2. The van der Waals surface area contributed by atoms with Gasteiger partial charge in [-0.15, -0.1) is 0 Å². The van der Waals surface area contributed by atoms with Crippen molar-refractivity contribution in [2.75, 3.05) is 31.1 Å². The predicted octanol–water partition coefficient (Wildman–Crippen LogP) is -0.654. The van der Waals surface area contributed by atoms with E-state index >= 15 is 0 Å². The second-order valence-electron chi connectivity index (χ2n) is 5.46. The second kappa shape index (κ2) is 5.60. The number of piperazine rings is 1. The Morgan fingerprint density at radius 1 is 1.09 bits per heavy atom. The molecule has 1 aliphatic rings. The lowest BCUT2D eigenvalue weighted by Gasteiger charge is -2.28. The van der Waals surface area contributed by atoms with E-state index in [-0.39, 0.29) is 11.2 Å². The molecular weight excluding hydrogens is 284 g/mol. The molecule has 0 radical (unpaired) electrons. The molecule has 120 valence electrons. The maximum absolute atomic E-state index is 12.6. The Hall–Kier alpha value is -2.09. The first-order chi connectivity index (χ1) is 10.6.